The number of hydrogen-bond acceptors (Lipinski definition) is 2. The van der Waals surface area contributed by atoms with Gasteiger partial charge in [-0.3, -0.25) is 9.78 Å². The topological polar surface area (TPSA) is 30.0 Å². The second-order valence-electron chi connectivity index (χ2n) is 2.25. The fourth-order valence-electron chi connectivity index (χ4n) is 0.868. The lowest BCUT2D eigenvalue weighted by Gasteiger charge is -1.97. The molecule has 0 saturated heterocycles. The minimum Gasteiger partial charge on any atom is -0.294 e. The van der Waals surface area contributed by atoms with Gasteiger partial charge in [0.2, 0.25) is 0 Å². The van der Waals surface area contributed by atoms with E-state index in [1.807, 2.05) is 20.8 Å². The van der Waals surface area contributed by atoms with Crippen LogP contribution in [0.25, 0.3) is 0 Å². The van der Waals surface area contributed by atoms with E-state index in [1.165, 1.54) is 0 Å². The van der Waals surface area contributed by atoms with Crippen molar-refractivity contribution in [1.29, 1.82) is 0 Å². The molecule has 1 rings (SSSR count). The summed E-state index contributed by atoms with van der Waals surface area (Å²) in [7, 11) is 0. The second kappa shape index (κ2) is 5.47. The normalized spacial score (nSPS) is 8.33. The summed E-state index contributed by atoms with van der Waals surface area (Å²) in [4.78, 5) is 14.7. The summed E-state index contributed by atoms with van der Waals surface area (Å²) in [5, 5.41) is 0. The molecular formula is C10H15NO. The van der Waals surface area contributed by atoms with Gasteiger partial charge in [0, 0.05) is 18.0 Å². The molecule has 2 nitrogen and oxygen atoms in total. The maximum absolute atomic E-state index is 10.8. The molecule has 0 amide bonds. The lowest BCUT2D eigenvalue weighted by atomic mass is 10.1. The van der Waals surface area contributed by atoms with Gasteiger partial charge in [0.05, 0.1) is 0 Å². The maximum atomic E-state index is 10.8. The molecule has 2 heteroatoms. The van der Waals surface area contributed by atoms with Gasteiger partial charge < -0.3 is 0 Å². The number of aromatic nitrogens is 1. The van der Waals surface area contributed by atoms with Gasteiger partial charge in [0.1, 0.15) is 0 Å². The third-order valence-electron chi connectivity index (χ3n) is 1.40. The number of hydrogen-bond donors (Lipinski definition) is 0. The smallest absolute Gasteiger partial charge is 0.160 e. The first-order valence-corrected chi connectivity index (χ1v) is 4.13. The highest BCUT2D eigenvalue weighted by atomic mass is 16.1. The molecule has 0 radical (unpaired) electrons. The van der Waals surface area contributed by atoms with Crippen molar-refractivity contribution in [2.45, 2.75) is 27.7 Å². The van der Waals surface area contributed by atoms with E-state index in [1.54, 1.807) is 25.4 Å². The number of carbonyl (C=O) groups is 1. The quantitative estimate of drug-likeness (QED) is 0.599. The summed E-state index contributed by atoms with van der Waals surface area (Å²) in [6.45, 7) is 7.44. The molecule has 1 aromatic heterocycles. The van der Waals surface area contributed by atoms with Crippen LogP contribution in [0.15, 0.2) is 18.5 Å². The van der Waals surface area contributed by atoms with E-state index in [4.69, 9.17) is 0 Å². The molecule has 0 spiro atoms. The predicted octanol–water partition coefficient (Wildman–Crippen LogP) is 2.62. The number of carbonyl (C=O) groups excluding carboxylic acids is 1. The maximum Gasteiger partial charge on any atom is 0.160 e. The lowest BCUT2D eigenvalue weighted by Crippen LogP contribution is -1.95. The van der Waals surface area contributed by atoms with E-state index < -0.39 is 0 Å². The van der Waals surface area contributed by atoms with Crippen molar-refractivity contribution in [1.82, 2.24) is 4.98 Å². The van der Waals surface area contributed by atoms with Crippen LogP contribution in [0.1, 0.15) is 36.7 Å². The Hall–Kier alpha value is -1.18. The number of nitrogens with zero attached hydrogens (tertiary/aromatic N) is 1. The van der Waals surface area contributed by atoms with Crippen LogP contribution in [0.2, 0.25) is 0 Å². The van der Waals surface area contributed by atoms with Crippen molar-refractivity contribution < 1.29 is 4.79 Å². The first-order valence-electron chi connectivity index (χ1n) is 4.13. The fraction of sp³-hybridized carbons (Fsp3) is 0.400. The first-order chi connectivity index (χ1) is 5.72. The molecule has 0 atom stereocenters. The molecule has 0 N–H and O–H groups in total. The van der Waals surface area contributed by atoms with Gasteiger partial charge in [-0.05, 0) is 25.5 Å². The van der Waals surface area contributed by atoms with Crippen LogP contribution < -0.4 is 0 Å². The van der Waals surface area contributed by atoms with Crippen LogP contribution in [-0.2, 0) is 0 Å². The summed E-state index contributed by atoms with van der Waals surface area (Å²) in [5.41, 5.74) is 1.70. The average Bonchev–Trinajstić information content (AvgIpc) is 2.08. The highest BCUT2D eigenvalue weighted by Crippen LogP contribution is 2.04. The Morgan fingerprint density at radius 3 is 2.33 bits per heavy atom. The van der Waals surface area contributed by atoms with Crippen LogP contribution >= 0.6 is 0 Å². The summed E-state index contributed by atoms with van der Waals surface area (Å²) in [6.07, 6.45) is 3.32. The average molecular weight is 165 g/mol. The monoisotopic (exact) mass is 165 g/mol. The Morgan fingerprint density at radius 2 is 2.00 bits per heavy atom. The molecule has 0 saturated carbocycles. The number of ketones is 1. The lowest BCUT2D eigenvalue weighted by molar-refractivity contribution is 0.101. The third kappa shape index (κ3) is 2.82. The Labute approximate surface area is 73.6 Å². The van der Waals surface area contributed by atoms with Crippen LogP contribution in [-0.4, -0.2) is 10.8 Å². The van der Waals surface area contributed by atoms with Gasteiger partial charge in [-0.25, -0.2) is 0 Å². The number of rotatable bonds is 1. The van der Waals surface area contributed by atoms with Crippen LogP contribution in [0.4, 0.5) is 0 Å². The standard InChI is InChI=1S/C8H9NO.C2H6/c1-6-5-9-4-3-8(6)7(2)10;1-2/h3-5H,1-2H3;1-2H3. The van der Waals surface area contributed by atoms with Gasteiger partial charge in [0.25, 0.3) is 0 Å². The third-order valence-corrected chi connectivity index (χ3v) is 1.40. The zero-order chi connectivity index (χ0) is 9.56. The van der Waals surface area contributed by atoms with Gasteiger partial charge in [-0.1, -0.05) is 13.8 Å². The summed E-state index contributed by atoms with van der Waals surface area (Å²) >= 11 is 0. The molecule has 0 aromatic carbocycles. The predicted molar refractivity (Wildman–Crippen MR) is 50.3 cm³/mol. The van der Waals surface area contributed by atoms with Crippen LogP contribution in [0.3, 0.4) is 0 Å². The largest absolute Gasteiger partial charge is 0.294 e. The highest BCUT2D eigenvalue weighted by Gasteiger charge is 2.00. The number of pyridine rings is 1. The number of aryl methyl sites for hydroxylation is 1. The van der Waals surface area contributed by atoms with E-state index in [9.17, 15) is 4.79 Å². The molecule has 0 aliphatic rings. The molecular weight excluding hydrogens is 150 g/mol. The first kappa shape index (κ1) is 10.8. The van der Waals surface area contributed by atoms with Crippen LogP contribution in [0, 0.1) is 6.92 Å². The molecule has 0 aliphatic heterocycles. The minimum atomic E-state index is 0.0971. The van der Waals surface area contributed by atoms with Gasteiger partial charge in [-0.2, -0.15) is 0 Å². The van der Waals surface area contributed by atoms with Crippen molar-refractivity contribution in [3.05, 3.63) is 29.6 Å². The van der Waals surface area contributed by atoms with E-state index in [-0.39, 0.29) is 5.78 Å². The molecule has 0 unspecified atom stereocenters. The highest BCUT2D eigenvalue weighted by molar-refractivity contribution is 5.95. The molecule has 0 fully saturated rings. The van der Waals surface area contributed by atoms with Crippen molar-refractivity contribution in [3.8, 4) is 0 Å². The minimum absolute atomic E-state index is 0.0971. The summed E-state index contributed by atoms with van der Waals surface area (Å²) in [6, 6.07) is 1.73. The molecule has 12 heavy (non-hydrogen) atoms. The molecule has 0 bridgehead atoms. The Kier molecular flexibility index (Phi) is 4.93. The van der Waals surface area contributed by atoms with Crippen molar-refractivity contribution >= 4 is 5.78 Å². The van der Waals surface area contributed by atoms with Gasteiger partial charge >= 0.3 is 0 Å². The summed E-state index contributed by atoms with van der Waals surface area (Å²) < 4.78 is 0. The van der Waals surface area contributed by atoms with Gasteiger partial charge in [-0.15, -0.1) is 0 Å². The van der Waals surface area contributed by atoms with E-state index in [0.29, 0.717) is 0 Å². The molecule has 1 aromatic rings. The molecule has 1 heterocycles. The zero-order valence-electron chi connectivity index (χ0n) is 8.09. The van der Waals surface area contributed by atoms with E-state index >= 15 is 0 Å². The van der Waals surface area contributed by atoms with Gasteiger partial charge in [0.15, 0.2) is 5.78 Å². The number of Topliss-reactive ketones (excluding diaryl/α,β-unsaturated/α-hetero) is 1. The van der Waals surface area contributed by atoms with E-state index in [0.717, 1.165) is 11.1 Å². The van der Waals surface area contributed by atoms with Crippen molar-refractivity contribution in [2.24, 2.45) is 0 Å². The van der Waals surface area contributed by atoms with Crippen molar-refractivity contribution in [3.63, 3.8) is 0 Å². The Morgan fingerprint density at radius 1 is 1.42 bits per heavy atom. The van der Waals surface area contributed by atoms with Crippen molar-refractivity contribution in [2.75, 3.05) is 0 Å². The summed E-state index contributed by atoms with van der Waals surface area (Å²) in [5.74, 6) is 0.0971. The Bertz CT molecular complexity index is 256. The fourth-order valence-corrected chi connectivity index (χ4v) is 0.868. The molecule has 66 valence electrons. The SMILES string of the molecule is CC.CC(=O)c1ccncc1C. The second-order valence-corrected chi connectivity index (χ2v) is 2.25. The molecule has 0 aliphatic carbocycles. The van der Waals surface area contributed by atoms with E-state index in [2.05, 4.69) is 4.98 Å². The Balaban J connectivity index is 0.000000561. The zero-order valence-corrected chi connectivity index (χ0v) is 8.09. The van der Waals surface area contributed by atoms with Crippen LogP contribution in [0.5, 0.6) is 0 Å².